The van der Waals surface area contributed by atoms with Gasteiger partial charge >= 0.3 is 5.97 Å². The summed E-state index contributed by atoms with van der Waals surface area (Å²) in [6.07, 6.45) is 0. The number of esters is 1. The van der Waals surface area contributed by atoms with Crippen molar-refractivity contribution in [2.45, 2.75) is 0 Å². The molecule has 18 heavy (non-hydrogen) atoms. The van der Waals surface area contributed by atoms with Crippen LogP contribution in [0.1, 0.15) is 10.4 Å². The van der Waals surface area contributed by atoms with Crippen LogP contribution in [0.5, 0.6) is 0 Å². The van der Waals surface area contributed by atoms with E-state index in [0.717, 1.165) is 0 Å². The number of rotatable bonds is 4. The summed E-state index contributed by atoms with van der Waals surface area (Å²) in [5, 5.41) is 10.5. The fraction of sp³-hybridized carbons (Fsp3) is 0.182. The Hall–Kier alpha value is -2.07. The number of halogens is 1. The lowest BCUT2D eigenvalue weighted by molar-refractivity contribution is -0.123. The lowest BCUT2D eigenvalue weighted by Gasteiger charge is -2.05. The molecule has 0 saturated carbocycles. The number of benzene rings is 1. The van der Waals surface area contributed by atoms with Gasteiger partial charge in [-0.25, -0.2) is 4.79 Å². The fourth-order valence-corrected chi connectivity index (χ4v) is 1.32. The van der Waals surface area contributed by atoms with Crippen molar-refractivity contribution in [3.8, 4) is 6.07 Å². The molecule has 0 fully saturated rings. The molecule has 7 heteroatoms. The Morgan fingerprint density at radius 1 is 1.50 bits per heavy atom. The van der Waals surface area contributed by atoms with E-state index in [1.807, 2.05) is 0 Å². The standard InChI is InChI=1S/C11H10BrN3O3/c12-8-2-1-7(5-9(8)14)11(17)18-6-10(16)15-4-3-13/h1-2,5H,4,6,14H2,(H,15,16). The predicted octanol–water partition coefficient (Wildman–Crippen LogP) is 0.828. The summed E-state index contributed by atoms with van der Waals surface area (Å²) in [4.78, 5) is 22.6. The number of anilines is 1. The number of nitrogens with one attached hydrogen (secondary N) is 1. The van der Waals surface area contributed by atoms with E-state index in [9.17, 15) is 9.59 Å². The molecule has 0 heterocycles. The van der Waals surface area contributed by atoms with Gasteiger partial charge in [0.25, 0.3) is 5.91 Å². The minimum Gasteiger partial charge on any atom is -0.452 e. The van der Waals surface area contributed by atoms with Crippen LogP contribution in [0.2, 0.25) is 0 Å². The van der Waals surface area contributed by atoms with Gasteiger partial charge in [-0.1, -0.05) is 0 Å². The van der Waals surface area contributed by atoms with Gasteiger partial charge in [-0.05, 0) is 34.1 Å². The zero-order chi connectivity index (χ0) is 13.5. The third-order valence-electron chi connectivity index (χ3n) is 1.93. The Kier molecular flexibility index (Phi) is 5.14. The van der Waals surface area contributed by atoms with E-state index in [1.54, 1.807) is 12.1 Å². The summed E-state index contributed by atoms with van der Waals surface area (Å²) in [5.74, 6) is -1.18. The van der Waals surface area contributed by atoms with Crippen molar-refractivity contribution in [3.05, 3.63) is 28.2 Å². The highest BCUT2D eigenvalue weighted by molar-refractivity contribution is 9.10. The number of nitriles is 1. The van der Waals surface area contributed by atoms with Crippen molar-refractivity contribution in [2.24, 2.45) is 0 Å². The molecule has 6 nitrogen and oxygen atoms in total. The molecule has 1 aromatic carbocycles. The molecule has 0 spiro atoms. The Morgan fingerprint density at radius 2 is 2.22 bits per heavy atom. The number of carbonyl (C=O) groups excluding carboxylic acids is 2. The van der Waals surface area contributed by atoms with E-state index in [-0.39, 0.29) is 12.1 Å². The molecule has 0 unspecified atom stereocenters. The molecule has 3 N–H and O–H groups in total. The first-order valence-electron chi connectivity index (χ1n) is 4.90. The molecule has 0 saturated heterocycles. The van der Waals surface area contributed by atoms with Crippen molar-refractivity contribution in [3.63, 3.8) is 0 Å². The van der Waals surface area contributed by atoms with Crippen molar-refractivity contribution < 1.29 is 14.3 Å². The topological polar surface area (TPSA) is 105 Å². The zero-order valence-electron chi connectivity index (χ0n) is 9.27. The summed E-state index contributed by atoms with van der Waals surface area (Å²) >= 11 is 3.20. The zero-order valence-corrected chi connectivity index (χ0v) is 10.9. The molecule has 0 bridgehead atoms. The van der Waals surface area contributed by atoms with E-state index >= 15 is 0 Å². The van der Waals surface area contributed by atoms with Crippen LogP contribution in [0.15, 0.2) is 22.7 Å². The Labute approximate surface area is 112 Å². The average molecular weight is 312 g/mol. The van der Waals surface area contributed by atoms with Gasteiger partial charge in [0.2, 0.25) is 0 Å². The van der Waals surface area contributed by atoms with Crippen LogP contribution in [0.3, 0.4) is 0 Å². The van der Waals surface area contributed by atoms with Gasteiger partial charge < -0.3 is 15.8 Å². The van der Waals surface area contributed by atoms with E-state index in [0.29, 0.717) is 10.2 Å². The average Bonchev–Trinajstić information content (AvgIpc) is 2.36. The first-order chi connectivity index (χ1) is 8.54. The van der Waals surface area contributed by atoms with Gasteiger partial charge in [-0.2, -0.15) is 5.26 Å². The van der Waals surface area contributed by atoms with Gasteiger partial charge in [-0.15, -0.1) is 0 Å². The number of carbonyl (C=O) groups is 2. The summed E-state index contributed by atoms with van der Waals surface area (Å²) in [6, 6.07) is 6.32. The predicted molar refractivity (Wildman–Crippen MR) is 67.5 cm³/mol. The summed E-state index contributed by atoms with van der Waals surface area (Å²) in [5.41, 5.74) is 6.26. The van der Waals surface area contributed by atoms with Crippen molar-refractivity contribution in [1.82, 2.24) is 5.32 Å². The summed E-state index contributed by atoms with van der Waals surface area (Å²) in [7, 11) is 0. The van der Waals surface area contributed by atoms with Crippen molar-refractivity contribution in [1.29, 1.82) is 5.26 Å². The maximum atomic E-state index is 11.5. The van der Waals surface area contributed by atoms with Crippen LogP contribution in [0, 0.1) is 11.3 Å². The van der Waals surface area contributed by atoms with Crippen LogP contribution >= 0.6 is 15.9 Å². The fourth-order valence-electron chi connectivity index (χ4n) is 1.07. The van der Waals surface area contributed by atoms with Crippen LogP contribution in [0.4, 0.5) is 5.69 Å². The Balaban J connectivity index is 2.53. The molecule has 1 aromatic rings. The van der Waals surface area contributed by atoms with E-state index in [1.165, 1.54) is 12.1 Å². The number of hydrogen-bond donors (Lipinski definition) is 2. The number of amides is 1. The number of ether oxygens (including phenoxy) is 1. The summed E-state index contributed by atoms with van der Waals surface area (Å²) in [6.45, 7) is -0.557. The van der Waals surface area contributed by atoms with Gasteiger partial charge in [0.15, 0.2) is 6.61 Å². The van der Waals surface area contributed by atoms with Crippen molar-refractivity contribution >= 4 is 33.5 Å². The second-order valence-electron chi connectivity index (χ2n) is 3.25. The molecular formula is C11H10BrN3O3. The first-order valence-corrected chi connectivity index (χ1v) is 5.69. The Bertz CT molecular complexity index is 511. The SMILES string of the molecule is N#CCNC(=O)COC(=O)c1ccc(Br)c(N)c1. The molecule has 0 aliphatic rings. The maximum absolute atomic E-state index is 11.5. The van der Waals surface area contributed by atoms with Crippen LogP contribution in [-0.4, -0.2) is 25.0 Å². The molecule has 0 radical (unpaired) electrons. The van der Waals surface area contributed by atoms with Gasteiger partial charge in [0, 0.05) is 10.2 Å². The van der Waals surface area contributed by atoms with Gasteiger partial charge in [0.1, 0.15) is 6.54 Å². The number of nitrogens with zero attached hydrogens (tertiary/aromatic N) is 1. The largest absolute Gasteiger partial charge is 0.452 e. The normalized spacial score (nSPS) is 9.33. The van der Waals surface area contributed by atoms with Gasteiger partial charge in [0.05, 0.1) is 11.6 Å². The molecule has 1 amide bonds. The highest BCUT2D eigenvalue weighted by atomic mass is 79.9. The lowest BCUT2D eigenvalue weighted by Crippen LogP contribution is -2.29. The molecule has 0 aliphatic carbocycles. The van der Waals surface area contributed by atoms with E-state index < -0.39 is 18.5 Å². The molecular weight excluding hydrogens is 302 g/mol. The number of hydrogen-bond acceptors (Lipinski definition) is 5. The molecule has 0 atom stereocenters. The minimum atomic E-state index is -0.652. The smallest absolute Gasteiger partial charge is 0.338 e. The van der Waals surface area contributed by atoms with Crippen molar-refractivity contribution in [2.75, 3.05) is 18.9 Å². The second kappa shape index (κ2) is 6.61. The molecule has 1 rings (SSSR count). The quantitative estimate of drug-likeness (QED) is 0.487. The molecule has 0 aliphatic heterocycles. The van der Waals surface area contributed by atoms with Crippen LogP contribution in [-0.2, 0) is 9.53 Å². The van der Waals surface area contributed by atoms with Crippen LogP contribution in [0.25, 0.3) is 0 Å². The highest BCUT2D eigenvalue weighted by Crippen LogP contribution is 2.20. The second-order valence-corrected chi connectivity index (χ2v) is 4.10. The monoisotopic (exact) mass is 311 g/mol. The third kappa shape index (κ3) is 4.07. The third-order valence-corrected chi connectivity index (χ3v) is 2.65. The van der Waals surface area contributed by atoms with E-state index in [4.69, 9.17) is 15.7 Å². The summed E-state index contributed by atoms with van der Waals surface area (Å²) < 4.78 is 5.42. The lowest BCUT2D eigenvalue weighted by atomic mass is 10.2. The maximum Gasteiger partial charge on any atom is 0.338 e. The first kappa shape index (κ1) is 14.0. The number of nitrogens with two attached hydrogens (primary N) is 1. The number of nitrogen functional groups attached to an aromatic ring is 1. The van der Waals surface area contributed by atoms with Gasteiger partial charge in [-0.3, -0.25) is 4.79 Å². The minimum absolute atomic E-state index is 0.123. The van der Waals surface area contributed by atoms with E-state index in [2.05, 4.69) is 21.2 Å². The highest BCUT2D eigenvalue weighted by Gasteiger charge is 2.11. The Morgan fingerprint density at radius 3 is 2.83 bits per heavy atom. The van der Waals surface area contributed by atoms with Crippen LogP contribution < -0.4 is 11.1 Å². The molecule has 94 valence electrons. The molecule has 0 aromatic heterocycles.